The summed E-state index contributed by atoms with van der Waals surface area (Å²) >= 11 is 3.57. The first-order valence-electron chi connectivity index (χ1n) is 11.9. The van der Waals surface area contributed by atoms with Crippen molar-refractivity contribution in [3.63, 3.8) is 0 Å². The largest absolute Gasteiger partial charge is 0.516 e. The highest BCUT2D eigenvalue weighted by Gasteiger charge is 2.46. The molecule has 1 aromatic carbocycles. The highest BCUT2D eigenvalue weighted by atomic mass is 79.9. The van der Waals surface area contributed by atoms with Crippen molar-refractivity contribution in [1.29, 1.82) is 0 Å². The van der Waals surface area contributed by atoms with E-state index in [-0.39, 0.29) is 17.7 Å². The minimum Gasteiger partial charge on any atom is -0.472 e. The third-order valence-electron chi connectivity index (χ3n) is 6.32. The first kappa shape index (κ1) is 27.9. The number of rotatable bonds is 10. The summed E-state index contributed by atoms with van der Waals surface area (Å²) in [5.74, 6) is 0. The number of unbranched alkanes of at least 4 members (excludes halogenated alkanes) is 1. The van der Waals surface area contributed by atoms with Crippen LogP contribution >= 0.6 is 15.9 Å². The van der Waals surface area contributed by atoms with Crippen molar-refractivity contribution in [2.75, 3.05) is 4.72 Å². The van der Waals surface area contributed by atoms with Crippen LogP contribution in [0.1, 0.15) is 54.0 Å². The lowest BCUT2D eigenvalue weighted by Crippen LogP contribution is -2.30. The number of fused-ring (bicyclic) bond motifs is 1. The van der Waals surface area contributed by atoms with Crippen molar-refractivity contribution in [1.82, 2.24) is 9.78 Å². The maximum atomic E-state index is 13.2. The second-order valence-electron chi connectivity index (χ2n) is 8.68. The Morgan fingerprint density at radius 3 is 2.50 bits per heavy atom. The van der Waals surface area contributed by atoms with Crippen molar-refractivity contribution in [2.45, 2.75) is 51.6 Å². The van der Waals surface area contributed by atoms with Gasteiger partial charge in [0.2, 0.25) is 0 Å². The summed E-state index contributed by atoms with van der Waals surface area (Å²) in [6.45, 7) is 4.56. The van der Waals surface area contributed by atoms with E-state index in [0.29, 0.717) is 45.4 Å². The van der Waals surface area contributed by atoms with Crippen LogP contribution < -0.4 is 4.72 Å². The molecule has 38 heavy (non-hydrogen) atoms. The molecule has 1 aliphatic carbocycles. The molecule has 202 valence electrons. The van der Waals surface area contributed by atoms with Crippen LogP contribution in [0, 0.1) is 0 Å². The highest BCUT2D eigenvalue weighted by molar-refractivity contribution is 9.10. The van der Waals surface area contributed by atoms with Gasteiger partial charge in [0, 0.05) is 39.7 Å². The molecule has 0 spiro atoms. The van der Waals surface area contributed by atoms with Gasteiger partial charge < -0.3 is 4.42 Å². The fourth-order valence-corrected chi connectivity index (χ4v) is 5.83. The van der Waals surface area contributed by atoms with Crippen molar-refractivity contribution in [2.24, 2.45) is 0 Å². The summed E-state index contributed by atoms with van der Waals surface area (Å²) in [5.41, 5.74) is -1.01. The Bertz CT molecular complexity index is 1540. The summed E-state index contributed by atoms with van der Waals surface area (Å²) in [5, 5.41) is 4.65. The lowest BCUT2D eigenvalue weighted by atomic mass is 9.94. The van der Waals surface area contributed by atoms with Gasteiger partial charge in [0.15, 0.2) is 6.29 Å². The van der Waals surface area contributed by atoms with E-state index in [2.05, 4.69) is 21.0 Å². The maximum absolute atomic E-state index is 13.2. The molecule has 2 aromatic rings. The molecule has 1 aliphatic heterocycles. The molecular weight excluding hydrogens is 587 g/mol. The van der Waals surface area contributed by atoms with Gasteiger partial charge in [-0.3, -0.25) is 14.2 Å². The number of alkyl halides is 3. The van der Waals surface area contributed by atoms with E-state index in [1.54, 1.807) is 27.6 Å². The molecule has 1 aromatic heterocycles. The van der Waals surface area contributed by atoms with Gasteiger partial charge in [-0.2, -0.15) is 26.7 Å². The van der Waals surface area contributed by atoms with Crippen LogP contribution in [-0.2, 0) is 29.4 Å². The number of benzene rings is 1. The Balaban J connectivity index is 1.94. The van der Waals surface area contributed by atoms with Crippen LogP contribution in [0.25, 0.3) is 22.3 Å². The Morgan fingerprint density at radius 1 is 1.11 bits per heavy atom. The molecular formula is C26H25BrF3N3O4S. The number of hydrogen-bond acceptors (Lipinski definition) is 5. The number of hydrogen-bond donors (Lipinski definition) is 1. The summed E-state index contributed by atoms with van der Waals surface area (Å²) in [6.07, 6.45) is 6.33. The summed E-state index contributed by atoms with van der Waals surface area (Å²) in [7, 11) is -5.67. The third-order valence-corrected chi connectivity index (χ3v) is 8.24. The molecule has 7 nitrogen and oxygen atoms in total. The zero-order valence-electron chi connectivity index (χ0n) is 20.6. The Kier molecular flexibility index (Phi) is 8.03. The molecule has 0 atom stereocenters. The number of carbonyl (C=O) groups is 1. The molecule has 0 saturated carbocycles. The summed E-state index contributed by atoms with van der Waals surface area (Å²) in [4.78, 5) is 12.2. The van der Waals surface area contributed by atoms with Gasteiger partial charge in [-0.1, -0.05) is 38.5 Å². The SMILES string of the molecule is CCCCn1nc(CC)c(Cc2c3ccocc-3c(Br)c2-c2ccccc2NS(=O)(=O)C(F)(F)F)c1C=O. The minimum absolute atomic E-state index is 0.232. The lowest BCUT2D eigenvalue weighted by Gasteiger charge is -2.16. The zero-order valence-corrected chi connectivity index (χ0v) is 23.0. The summed E-state index contributed by atoms with van der Waals surface area (Å²) < 4.78 is 72.9. The van der Waals surface area contributed by atoms with E-state index in [0.717, 1.165) is 30.4 Å². The maximum Gasteiger partial charge on any atom is 0.516 e. The van der Waals surface area contributed by atoms with Gasteiger partial charge in [0.05, 0.1) is 23.9 Å². The molecule has 0 unspecified atom stereocenters. The average molecular weight is 612 g/mol. The summed E-state index contributed by atoms with van der Waals surface area (Å²) in [6, 6.07) is 7.60. The van der Waals surface area contributed by atoms with Gasteiger partial charge in [0.1, 0.15) is 5.69 Å². The number of aromatic nitrogens is 2. The number of anilines is 1. The predicted molar refractivity (Wildman–Crippen MR) is 142 cm³/mol. The number of aldehydes is 1. The first-order valence-corrected chi connectivity index (χ1v) is 14.2. The fraction of sp³-hybridized carbons (Fsp3) is 0.308. The Morgan fingerprint density at radius 2 is 1.84 bits per heavy atom. The van der Waals surface area contributed by atoms with Crippen LogP contribution in [-0.4, -0.2) is 30.0 Å². The molecule has 0 bridgehead atoms. The number of nitrogens with zero attached hydrogens (tertiary/aromatic N) is 2. The second-order valence-corrected chi connectivity index (χ2v) is 11.2. The number of sulfonamides is 1. The van der Waals surface area contributed by atoms with E-state index >= 15 is 0 Å². The van der Waals surface area contributed by atoms with E-state index in [1.165, 1.54) is 24.7 Å². The molecule has 2 aliphatic rings. The van der Waals surface area contributed by atoms with E-state index in [9.17, 15) is 26.4 Å². The number of carbonyl (C=O) groups excluding carboxylic acids is 1. The van der Waals surface area contributed by atoms with E-state index < -0.39 is 15.5 Å². The van der Waals surface area contributed by atoms with Crippen molar-refractivity contribution < 1.29 is 30.8 Å². The van der Waals surface area contributed by atoms with Gasteiger partial charge in [-0.15, -0.1) is 0 Å². The van der Waals surface area contributed by atoms with Crippen LogP contribution in [0.5, 0.6) is 0 Å². The highest BCUT2D eigenvalue weighted by Crippen LogP contribution is 2.49. The van der Waals surface area contributed by atoms with Crippen molar-refractivity contribution in [3.8, 4) is 22.3 Å². The minimum atomic E-state index is -5.67. The van der Waals surface area contributed by atoms with Crippen LogP contribution in [0.15, 0.2) is 51.7 Å². The van der Waals surface area contributed by atoms with E-state index in [4.69, 9.17) is 4.42 Å². The molecule has 12 heteroatoms. The van der Waals surface area contributed by atoms with Gasteiger partial charge in [-0.05, 0) is 52.0 Å². The molecule has 0 fully saturated rings. The van der Waals surface area contributed by atoms with E-state index in [1.807, 2.05) is 13.8 Å². The number of nitrogens with one attached hydrogen (secondary N) is 1. The standard InChI is InChI=1S/C26H25BrF3N3O4S/c1-3-5-11-33-23(14-34)19(21(4-2)31-33)13-18-16-10-12-37-15-20(16)25(27)24(18)17-8-6-7-9-22(17)32-38(35,36)26(28,29)30/h6-10,12,14-15,32H,3-5,11,13H2,1-2H3. The Labute approximate surface area is 226 Å². The van der Waals surface area contributed by atoms with Crippen LogP contribution in [0.3, 0.4) is 0 Å². The monoisotopic (exact) mass is 611 g/mol. The number of halogens is 4. The second kappa shape index (κ2) is 10.9. The van der Waals surface area contributed by atoms with Crippen LogP contribution in [0.2, 0.25) is 0 Å². The molecule has 0 saturated heterocycles. The molecule has 0 radical (unpaired) electrons. The molecule has 1 N–H and O–H groups in total. The zero-order chi connectivity index (χ0) is 27.7. The fourth-order valence-electron chi connectivity index (χ4n) is 4.49. The Hall–Kier alpha value is -3.12. The number of aryl methyl sites for hydroxylation is 2. The smallest absolute Gasteiger partial charge is 0.472 e. The van der Waals surface area contributed by atoms with Crippen LogP contribution in [0.4, 0.5) is 18.9 Å². The predicted octanol–water partition coefficient (Wildman–Crippen LogP) is 7.04. The topological polar surface area (TPSA) is 94.2 Å². The lowest BCUT2D eigenvalue weighted by molar-refractivity contribution is -0.0429. The van der Waals surface area contributed by atoms with Gasteiger partial charge >= 0.3 is 15.5 Å². The third kappa shape index (κ3) is 5.11. The molecule has 4 rings (SSSR count). The normalized spacial score (nSPS) is 12.3. The quantitative estimate of drug-likeness (QED) is 0.194. The molecule has 0 amide bonds. The average Bonchev–Trinajstić information content (AvgIpc) is 3.36. The first-order chi connectivity index (χ1) is 18.0. The van der Waals surface area contributed by atoms with Gasteiger partial charge in [-0.25, -0.2) is 0 Å². The number of para-hydroxylation sites is 1. The van der Waals surface area contributed by atoms with Gasteiger partial charge in [0.25, 0.3) is 0 Å². The molecule has 2 heterocycles. The van der Waals surface area contributed by atoms with Crippen molar-refractivity contribution in [3.05, 3.63) is 69.8 Å². The van der Waals surface area contributed by atoms with Crippen molar-refractivity contribution >= 4 is 37.9 Å².